The smallest absolute Gasteiger partial charge is 0.313 e. The van der Waals surface area contributed by atoms with Crippen LogP contribution in [0, 0.1) is 20.8 Å². The lowest BCUT2D eigenvalue weighted by Gasteiger charge is -2.21. The average Bonchev–Trinajstić information content (AvgIpc) is 2.56. The minimum absolute atomic E-state index is 0.426. The van der Waals surface area contributed by atoms with Crippen LogP contribution in [0.25, 0.3) is 0 Å². The van der Waals surface area contributed by atoms with Crippen LogP contribution in [0.2, 0.25) is 0 Å². The summed E-state index contributed by atoms with van der Waals surface area (Å²) in [5, 5.41) is 2.78. The Kier molecular flexibility index (Phi) is 5.74. The van der Waals surface area contributed by atoms with E-state index < -0.39 is 11.8 Å². The monoisotopic (exact) mass is 324 g/mol. The summed E-state index contributed by atoms with van der Waals surface area (Å²) in [6, 6.07) is 13.7. The first-order valence-electron chi connectivity index (χ1n) is 8.14. The third-order valence-corrected chi connectivity index (χ3v) is 3.99. The van der Waals surface area contributed by atoms with Crippen molar-refractivity contribution in [2.45, 2.75) is 34.2 Å². The Bertz CT molecular complexity index is 716. The minimum atomic E-state index is -0.595. The molecule has 0 saturated heterocycles. The zero-order valence-electron chi connectivity index (χ0n) is 14.7. The Morgan fingerprint density at radius 3 is 2.12 bits per heavy atom. The van der Waals surface area contributed by atoms with Crippen molar-refractivity contribution >= 4 is 17.5 Å². The Hall–Kier alpha value is -2.62. The Morgan fingerprint density at radius 2 is 1.58 bits per heavy atom. The van der Waals surface area contributed by atoms with Gasteiger partial charge in [0.25, 0.3) is 0 Å². The SMILES string of the molecule is CCN(Cc1ccccc1)C(=O)C(=O)Nc1c(C)cc(C)cc1C. The van der Waals surface area contributed by atoms with Gasteiger partial charge in [0.15, 0.2) is 0 Å². The van der Waals surface area contributed by atoms with E-state index in [1.165, 1.54) is 0 Å². The van der Waals surface area contributed by atoms with Gasteiger partial charge in [-0.25, -0.2) is 0 Å². The van der Waals surface area contributed by atoms with Gasteiger partial charge in [-0.2, -0.15) is 0 Å². The predicted molar refractivity (Wildman–Crippen MR) is 96.8 cm³/mol. The van der Waals surface area contributed by atoms with E-state index >= 15 is 0 Å². The van der Waals surface area contributed by atoms with Crippen LogP contribution in [0.4, 0.5) is 5.69 Å². The number of likely N-dealkylation sites (N-methyl/N-ethyl adjacent to an activating group) is 1. The number of rotatable bonds is 4. The number of hydrogen-bond acceptors (Lipinski definition) is 2. The molecule has 0 unspecified atom stereocenters. The molecule has 0 aromatic heterocycles. The van der Waals surface area contributed by atoms with Crippen molar-refractivity contribution in [2.75, 3.05) is 11.9 Å². The molecule has 2 aromatic carbocycles. The highest BCUT2D eigenvalue weighted by Crippen LogP contribution is 2.22. The van der Waals surface area contributed by atoms with E-state index in [1.807, 2.05) is 70.2 Å². The van der Waals surface area contributed by atoms with Crippen molar-refractivity contribution in [3.8, 4) is 0 Å². The molecule has 0 aliphatic heterocycles. The fraction of sp³-hybridized carbons (Fsp3) is 0.300. The van der Waals surface area contributed by atoms with Gasteiger partial charge in [0.2, 0.25) is 0 Å². The van der Waals surface area contributed by atoms with Crippen molar-refractivity contribution in [3.05, 3.63) is 64.7 Å². The molecule has 0 saturated carbocycles. The van der Waals surface area contributed by atoms with Crippen molar-refractivity contribution in [2.24, 2.45) is 0 Å². The lowest BCUT2D eigenvalue weighted by molar-refractivity contribution is -0.143. The molecule has 2 amide bonds. The molecule has 0 aliphatic carbocycles. The number of carbonyl (C=O) groups is 2. The molecule has 0 heterocycles. The molecule has 4 nitrogen and oxygen atoms in total. The third kappa shape index (κ3) is 4.22. The van der Waals surface area contributed by atoms with Crippen molar-refractivity contribution in [3.63, 3.8) is 0 Å². The van der Waals surface area contributed by atoms with E-state index in [0.29, 0.717) is 13.1 Å². The summed E-state index contributed by atoms with van der Waals surface area (Å²) in [6.07, 6.45) is 0. The number of hydrogen-bond donors (Lipinski definition) is 1. The van der Waals surface area contributed by atoms with Gasteiger partial charge in [0, 0.05) is 18.8 Å². The first-order chi connectivity index (χ1) is 11.4. The standard InChI is InChI=1S/C20H24N2O2/c1-5-22(13-17-9-7-6-8-10-17)20(24)19(23)21-18-15(3)11-14(2)12-16(18)4/h6-12H,5,13H2,1-4H3,(H,21,23). The van der Waals surface area contributed by atoms with Gasteiger partial charge in [0.1, 0.15) is 0 Å². The number of benzene rings is 2. The van der Waals surface area contributed by atoms with Crippen LogP contribution in [0.5, 0.6) is 0 Å². The molecule has 0 radical (unpaired) electrons. The summed E-state index contributed by atoms with van der Waals surface area (Å²) in [5.74, 6) is -1.11. The molecule has 1 N–H and O–H groups in total. The van der Waals surface area contributed by atoms with Gasteiger partial charge in [0.05, 0.1) is 0 Å². The topological polar surface area (TPSA) is 49.4 Å². The summed E-state index contributed by atoms with van der Waals surface area (Å²) >= 11 is 0. The van der Waals surface area contributed by atoms with Crippen molar-refractivity contribution in [1.82, 2.24) is 4.90 Å². The maximum Gasteiger partial charge on any atom is 0.313 e. The fourth-order valence-corrected chi connectivity index (χ4v) is 2.82. The van der Waals surface area contributed by atoms with Crippen LogP contribution in [0.15, 0.2) is 42.5 Å². The molecular weight excluding hydrogens is 300 g/mol. The highest BCUT2D eigenvalue weighted by Gasteiger charge is 2.22. The van der Waals surface area contributed by atoms with E-state index in [4.69, 9.17) is 0 Å². The number of aryl methyl sites for hydroxylation is 3. The Balaban J connectivity index is 2.12. The zero-order chi connectivity index (χ0) is 17.7. The lowest BCUT2D eigenvalue weighted by atomic mass is 10.1. The Morgan fingerprint density at radius 1 is 1.00 bits per heavy atom. The second kappa shape index (κ2) is 7.77. The van der Waals surface area contributed by atoms with E-state index in [0.717, 1.165) is 27.9 Å². The van der Waals surface area contributed by atoms with Crippen molar-refractivity contribution < 1.29 is 9.59 Å². The quantitative estimate of drug-likeness (QED) is 0.874. The van der Waals surface area contributed by atoms with Gasteiger partial charge in [-0.05, 0) is 44.4 Å². The molecule has 0 atom stereocenters. The molecule has 0 fully saturated rings. The summed E-state index contributed by atoms with van der Waals surface area (Å²) in [6.45, 7) is 8.65. The second-order valence-electron chi connectivity index (χ2n) is 6.03. The zero-order valence-corrected chi connectivity index (χ0v) is 14.7. The van der Waals surface area contributed by atoms with E-state index in [1.54, 1.807) is 4.90 Å². The molecule has 24 heavy (non-hydrogen) atoms. The molecule has 0 aliphatic rings. The van der Waals surface area contributed by atoms with Gasteiger partial charge in [-0.15, -0.1) is 0 Å². The largest absolute Gasteiger partial charge is 0.330 e. The number of nitrogens with one attached hydrogen (secondary N) is 1. The van der Waals surface area contributed by atoms with Gasteiger partial charge < -0.3 is 10.2 Å². The Labute approximate surface area is 143 Å². The van der Waals surface area contributed by atoms with Crippen LogP contribution < -0.4 is 5.32 Å². The highest BCUT2D eigenvalue weighted by atomic mass is 16.2. The highest BCUT2D eigenvalue weighted by molar-refractivity contribution is 6.39. The lowest BCUT2D eigenvalue weighted by Crippen LogP contribution is -2.39. The fourth-order valence-electron chi connectivity index (χ4n) is 2.82. The van der Waals surface area contributed by atoms with Crippen LogP contribution in [0.1, 0.15) is 29.2 Å². The minimum Gasteiger partial charge on any atom is -0.330 e. The van der Waals surface area contributed by atoms with E-state index in [-0.39, 0.29) is 0 Å². The van der Waals surface area contributed by atoms with Crippen molar-refractivity contribution in [1.29, 1.82) is 0 Å². The van der Waals surface area contributed by atoms with E-state index in [9.17, 15) is 9.59 Å². The first kappa shape index (κ1) is 17.7. The summed E-state index contributed by atoms with van der Waals surface area (Å²) in [4.78, 5) is 26.4. The summed E-state index contributed by atoms with van der Waals surface area (Å²) < 4.78 is 0. The molecule has 0 spiro atoms. The second-order valence-corrected chi connectivity index (χ2v) is 6.03. The molecule has 2 rings (SSSR count). The molecule has 0 bridgehead atoms. The van der Waals surface area contributed by atoms with Crippen LogP contribution >= 0.6 is 0 Å². The molecular formula is C20H24N2O2. The number of carbonyl (C=O) groups excluding carboxylic acids is 2. The third-order valence-electron chi connectivity index (χ3n) is 3.99. The molecule has 4 heteroatoms. The summed E-state index contributed by atoms with van der Waals surface area (Å²) in [7, 11) is 0. The predicted octanol–water partition coefficient (Wildman–Crippen LogP) is 3.60. The molecule has 126 valence electrons. The van der Waals surface area contributed by atoms with E-state index in [2.05, 4.69) is 5.32 Å². The average molecular weight is 324 g/mol. The van der Waals surface area contributed by atoms with Crippen LogP contribution in [0.3, 0.4) is 0 Å². The summed E-state index contributed by atoms with van der Waals surface area (Å²) in [5.41, 5.74) is 4.77. The first-order valence-corrected chi connectivity index (χ1v) is 8.14. The number of nitrogens with zero attached hydrogens (tertiary/aromatic N) is 1. The maximum atomic E-state index is 12.5. The van der Waals surface area contributed by atoms with Gasteiger partial charge >= 0.3 is 11.8 Å². The van der Waals surface area contributed by atoms with Crippen LogP contribution in [-0.2, 0) is 16.1 Å². The van der Waals surface area contributed by atoms with Gasteiger partial charge in [-0.1, -0.05) is 48.0 Å². The van der Waals surface area contributed by atoms with Gasteiger partial charge in [-0.3, -0.25) is 9.59 Å². The maximum absolute atomic E-state index is 12.5. The number of anilines is 1. The molecule has 2 aromatic rings. The van der Waals surface area contributed by atoms with Crippen LogP contribution in [-0.4, -0.2) is 23.3 Å². The number of amides is 2. The normalized spacial score (nSPS) is 10.3.